The fourth-order valence-electron chi connectivity index (χ4n) is 3.44. The van der Waals surface area contributed by atoms with Crippen molar-refractivity contribution in [3.05, 3.63) is 62.8 Å². The molecule has 2 aromatic heterocycles. The number of halogens is 1. The van der Waals surface area contributed by atoms with Crippen molar-refractivity contribution in [1.29, 1.82) is 0 Å². The molecule has 28 heavy (non-hydrogen) atoms. The average Bonchev–Trinajstić information content (AvgIpc) is 3.03. The van der Waals surface area contributed by atoms with Gasteiger partial charge >= 0.3 is 0 Å². The predicted octanol–water partition coefficient (Wildman–Crippen LogP) is 2.34. The van der Waals surface area contributed by atoms with Crippen molar-refractivity contribution in [2.24, 2.45) is 0 Å². The van der Waals surface area contributed by atoms with Gasteiger partial charge in [0.1, 0.15) is 10.6 Å². The maximum Gasteiger partial charge on any atom is 0.264 e. The van der Waals surface area contributed by atoms with E-state index in [0.29, 0.717) is 39.3 Å². The molecule has 1 aliphatic heterocycles. The Hall–Kier alpha value is -2.58. The number of thiophene rings is 1. The van der Waals surface area contributed by atoms with Crippen LogP contribution in [0.4, 0.5) is 4.39 Å². The summed E-state index contributed by atoms with van der Waals surface area (Å²) in [5, 5.41) is 0.446. The van der Waals surface area contributed by atoms with Gasteiger partial charge in [-0.1, -0.05) is 18.2 Å². The highest BCUT2D eigenvalue weighted by Crippen LogP contribution is 2.28. The van der Waals surface area contributed by atoms with Crippen LogP contribution in [0.1, 0.15) is 20.8 Å². The highest BCUT2D eigenvalue weighted by atomic mass is 32.1. The van der Waals surface area contributed by atoms with Gasteiger partial charge in [0.25, 0.3) is 11.5 Å². The molecule has 1 aromatic carbocycles. The van der Waals surface area contributed by atoms with E-state index >= 15 is 0 Å². The van der Waals surface area contributed by atoms with Crippen LogP contribution in [-0.2, 0) is 6.54 Å². The quantitative estimate of drug-likeness (QED) is 0.677. The summed E-state index contributed by atoms with van der Waals surface area (Å²) in [5.74, 6) is -0.406. The lowest BCUT2D eigenvalue weighted by molar-refractivity contribution is 0.0668. The van der Waals surface area contributed by atoms with Gasteiger partial charge in [-0.2, -0.15) is 0 Å². The van der Waals surface area contributed by atoms with Gasteiger partial charge in [-0.3, -0.25) is 14.2 Å². The van der Waals surface area contributed by atoms with Crippen LogP contribution in [-0.4, -0.2) is 58.5 Å². The number of fused-ring (bicyclic) bond motifs is 1. The first kappa shape index (κ1) is 18.8. The minimum Gasteiger partial charge on any atom is -0.335 e. The predicted molar refractivity (Wildman–Crippen MR) is 108 cm³/mol. The molecule has 1 amide bonds. The van der Waals surface area contributed by atoms with Crippen molar-refractivity contribution in [2.75, 3.05) is 33.2 Å². The Bertz CT molecular complexity index is 1100. The molecule has 3 heterocycles. The number of carbonyl (C=O) groups is 1. The normalized spacial score (nSPS) is 15.3. The second kappa shape index (κ2) is 7.44. The first-order chi connectivity index (χ1) is 13.5. The largest absolute Gasteiger partial charge is 0.335 e. The third-order valence-corrected chi connectivity index (χ3v) is 6.39. The Morgan fingerprint density at radius 2 is 1.93 bits per heavy atom. The van der Waals surface area contributed by atoms with Crippen LogP contribution in [0.25, 0.3) is 10.2 Å². The van der Waals surface area contributed by atoms with E-state index in [4.69, 9.17) is 0 Å². The van der Waals surface area contributed by atoms with Crippen molar-refractivity contribution in [3.63, 3.8) is 0 Å². The lowest BCUT2D eigenvalue weighted by Crippen LogP contribution is -2.47. The summed E-state index contributed by atoms with van der Waals surface area (Å²) in [5.41, 5.74) is 0.830. The van der Waals surface area contributed by atoms with Gasteiger partial charge in [-0.15, -0.1) is 11.3 Å². The summed E-state index contributed by atoms with van der Waals surface area (Å²) < 4.78 is 15.3. The molecule has 0 bridgehead atoms. The zero-order valence-corrected chi connectivity index (χ0v) is 16.6. The average molecular weight is 400 g/mol. The van der Waals surface area contributed by atoms with Crippen LogP contribution in [0.2, 0.25) is 0 Å². The van der Waals surface area contributed by atoms with Crippen LogP contribution in [0.5, 0.6) is 0 Å². The van der Waals surface area contributed by atoms with Crippen LogP contribution in [0.15, 0.2) is 35.4 Å². The number of rotatable bonds is 3. The highest BCUT2D eigenvalue weighted by molar-refractivity contribution is 7.20. The van der Waals surface area contributed by atoms with Crippen LogP contribution >= 0.6 is 11.3 Å². The number of likely N-dealkylation sites (N-methyl/N-ethyl adjacent to an activating group) is 1. The topological polar surface area (TPSA) is 58.4 Å². The summed E-state index contributed by atoms with van der Waals surface area (Å²) in [6.07, 6.45) is 1.43. The number of benzene rings is 1. The van der Waals surface area contributed by atoms with Gasteiger partial charge in [-0.05, 0) is 25.6 Å². The summed E-state index contributed by atoms with van der Waals surface area (Å²) in [7, 11) is 2.04. The fourth-order valence-corrected chi connectivity index (χ4v) is 4.55. The van der Waals surface area contributed by atoms with Crippen LogP contribution in [0.3, 0.4) is 0 Å². The Morgan fingerprint density at radius 1 is 1.21 bits per heavy atom. The van der Waals surface area contributed by atoms with E-state index in [-0.39, 0.29) is 23.8 Å². The van der Waals surface area contributed by atoms with Crippen molar-refractivity contribution in [2.45, 2.75) is 13.5 Å². The molecule has 6 nitrogen and oxygen atoms in total. The number of aryl methyl sites for hydroxylation is 1. The molecular weight excluding hydrogens is 379 g/mol. The zero-order valence-electron chi connectivity index (χ0n) is 15.8. The summed E-state index contributed by atoms with van der Waals surface area (Å²) in [6, 6.07) is 6.37. The van der Waals surface area contributed by atoms with Gasteiger partial charge in [-0.25, -0.2) is 9.37 Å². The molecule has 0 saturated carbocycles. The monoisotopic (exact) mass is 400 g/mol. The summed E-state index contributed by atoms with van der Waals surface area (Å²) in [4.78, 5) is 35.4. The molecular formula is C20H21FN4O2S. The maximum atomic E-state index is 14.0. The number of piperazine rings is 1. The Morgan fingerprint density at radius 3 is 2.64 bits per heavy atom. The highest BCUT2D eigenvalue weighted by Gasteiger charge is 2.25. The number of amides is 1. The van der Waals surface area contributed by atoms with E-state index in [1.807, 2.05) is 11.9 Å². The second-order valence-electron chi connectivity index (χ2n) is 7.10. The van der Waals surface area contributed by atoms with Crippen LogP contribution in [0, 0.1) is 12.7 Å². The molecule has 8 heteroatoms. The van der Waals surface area contributed by atoms with E-state index in [2.05, 4.69) is 9.88 Å². The first-order valence-electron chi connectivity index (χ1n) is 9.15. The molecule has 0 radical (unpaired) electrons. The van der Waals surface area contributed by atoms with Gasteiger partial charge in [0.2, 0.25) is 0 Å². The number of nitrogens with zero attached hydrogens (tertiary/aromatic N) is 4. The van der Waals surface area contributed by atoms with Gasteiger partial charge in [0, 0.05) is 31.7 Å². The van der Waals surface area contributed by atoms with E-state index in [9.17, 15) is 14.0 Å². The minimum absolute atomic E-state index is 0.0475. The molecule has 146 valence electrons. The second-order valence-corrected chi connectivity index (χ2v) is 8.10. The number of hydrogen-bond acceptors (Lipinski definition) is 5. The third kappa shape index (κ3) is 3.33. The lowest BCUT2D eigenvalue weighted by atomic mass is 10.2. The summed E-state index contributed by atoms with van der Waals surface area (Å²) >= 11 is 1.26. The Labute approximate surface area is 165 Å². The Kier molecular flexibility index (Phi) is 4.99. The standard InChI is InChI=1S/C20H21FN4O2S/c1-13-16-18(28-17(13)20(27)24-9-7-23(2)8-10-24)22-12-25(19(16)26)11-14-5-3-4-6-15(14)21/h3-6,12H,7-11H2,1-2H3. The summed E-state index contributed by atoms with van der Waals surface area (Å²) in [6.45, 7) is 4.92. The smallest absolute Gasteiger partial charge is 0.264 e. The molecule has 0 unspecified atom stereocenters. The molecule has 3 aromatic rings. The maximum absolute atomic E-state index is 14.0. The number of carbonyl (C=O) groups excluding carboxylic acids is 1. The number of aromatic nitrogens is 2. The van der Waals surface area contributed by atoms with Gasteiger partial charge in [0.15, 0.2) is 0 Å². The number of hydrogen-bond donors (Lipinski definition) is 0. The van der Waals surface area contributed by atoms with Gasteiger partial charge < -0.3 is 9.80 Å². The van der Waals surface area contributed by atoms with E-state index in [0.717, 1.165) is 13.1 Å². The van der Waals surface area contributed by atoms with E-state index in [1.54, 1.807) is 25.1 Å². The lowest BCUT2D eigenvalue weighted by Gasteiger charge is -2.32. The molecule has 0 aliphatic carbocycles. The molecule has 0 N–H and O–H groups in total. The molecule has 0 atom stereocenters. The fraction of sp³-hybridized carbons (Fsp3) is 0.350. The minimum atomic E-state index is -0.359. The zero-order chi connectivity index (χ0) is 19.8. The molecule has 4 rings (SSSR count). The van der Waals surface area contributed by atoms with Crippen molar-refractivity contribution >= 4 is 27.5 Å². The molecule has 1 aliphatic rings. The van der Waals surface area contributed by atoms with E-state index in [1.165, 1.54) is 28.3 Å². The van der Waals surface area contributed by atoms with Crippen molar-refractivity contribution in [3.8, 4) is 0 Å². The third-order valence-electron chi connectivity index (χ3n) is 5.20. The SMILES string of the molecule is Cc1c(C(=O)N2CCN(C)CC2)sc2ncn(Cc3ccccc3F)c(=O)c12. The van der Waals surface area contributed by atoms with E-state index < -0.39 is 0 Å². The van der Waals surface area contributed by atoms with Crippen molar-refractivity contribution < 1.29 is 9.18 Å². The first-order valence-corrected chi connectivity index (χ1v) is 9.97. The Balaban J connectivity index is 1.69. The molecule has 1 saturated heterocycles. The van der Waals surface area contributed by atoms with Gasteiger partial charge in [0.05, 0.1) is 23.1 Å². The van der Waals surface area contributed by atoms with Crippen molar-refractivity contribution in [1.82, 2.24) is 19.4 Å². The molecule has 1 fully saturated rings. The van der Waals surface area contributed by atoms with Crippen LogP contribution < -0.4 is 5.56 Å². The molecule has 0 spiro atoms.